The average molecular weight is 220 g/mol. The van der Waals surface area contributed by atoms with Gasteiger partial charge in [0, 0.05) is 6.61 Å². The highest BCUT2D eigenvalue weighted by atomic mass is 32.2. The van der Waals surface area contributed by atoms with E-state index in [0.717, 1.165) is 19.3 Å². The van der Waals surface area contributed by atoms with Crippen LogP contribution < -0.4 is 0 Å². The first-order chi connectivity index (χ1) is 6.42. The Morgan fingerprint density at radius 3 is 2.21 bits per heavy atom. The fourth-order valence-corrected chi connectivity index (χ4v) is 2.95. The van der Waals surface area contributed by atoms with E-state index in [1.165, 1.54) is 0 Å². The minimum Gasteiger partial charge on any atom is -0.396 e. The Balaban J connectivity index is 2.47. The monoisotopic (exact) mass is 220 g/mol. The summed E-state index contributed by atoms with van der Waals surface area (Å²) in [5, 5.41) is 8.88. The smallest absolute Gasteiger partial charge is 0.152 e. The van der Waals surface area contributed by atoms with Crippen molar-refractivity contribution in [1.82, 2.24) is 0 Å². The molecular weight excluding hydrogens is 200 g/mol. The van der Waals surface area contributed by atoms with Crippen molar-refractivity contribution < 1.29 is 13.5 Å². The second-order valence-electron chi connectivity index (χ2n) is 4.68. The summed E-state index contributed by atoms with van der Waals surface area (Å²) < 4.78 is 23.1. The Bertz CT molecular complexity index is 270. The van der Waals surface area contributed by atoms with Gasteiger partial charge >= 0.3 is 0 Å². The largest absolute Gasteiger partial charge is 0.396 e. The van der Waals surface area contributed by atoms with E-state index in [1.54, 1.807) is 13.8 Å². The molecular formula is C10H20O3S. The molecule has 1 fully saturated rings. The van der Waals surface area contributed by atoms with E-state index < -0.39 is 9.84 Å². The number of hydrogen-bond donors (Lipinski definition) is 1. The fourth-order valence-electron chi connectivity index (χ4n) is 1.76. The first-order valence-corrected chi connectivity index (χ1v) is 6.96. The summed E-state index contributed by atoms with van der Waals surface area (Å²) in [6.07, 6.45) is 3.72. The second kappa shape index (κ2) is 4.19. The molecule has 84 valence electrons. The maximum Gasteiger partial charge on any atom is 0.152 e. The summed E-state index contributed by atoms with van der Waals surface area (Å²) >= 11 is 0. The first kappa shape index (κ1) is 12.0. The Hall–Kier alpha value is -0.0900. The zero-order chi connectivity index (χ0) is 10.8. The van der Waals surface area contributed by atoms with E-state index in [4.69, 9.17) is 0 Å². The third-order valence-corrected chi connectivity index (χ3v) is 5.59. The SMILES string of the molecule is CC(C)S(=O)(=O)CCC1(CO)CCC1. The molecule has 0 heterocycles. The Morgan fingerprint density at radius 2 is 1.93 bits per heavy atom. The van der Waals surface area contributed by atoms with Crippen LogP contribution in [0.25, 0.3) is 0 Å². The Morgan fingerprint density at radius 1 is 1.36 bits per heavy atom. The van der Waals surface area contributed by atoms with Crippen molar-refractivity contribution in [3.8, 4) is 0 Å². The normalized spacial score (nSPS) is 20.9. The average Bonchev–Trinajstić information content (AvgIpc) is 2.02. The lowest BCUT2D eigenvalue weighted by atomic mass is 9.68. The Kier molecular flexibility index (Phi) is 3.58. The highest BCUT2D eigenvalue weighted by Gasteiger charge is 2.37. The molecule has 0 amide bonds. The van der Waals surface area contributed by atoms with Gasteiger partial charge in [-0.25, -0.2) is 8.42 Å². The molecule has 1 aliphatic rings. The van der Waals surface area contributed by atoms with Crippen LogP contribution in [0.3, 0.4) is 0 Å². The zero-order valence-electron chi connectivity index (χ0n) is 8.99. The number of rotatable bonds is 5. The van der Waals surface area contributed by atoms with Gasteiger partial charge < -0.3 is 5.11 Å². The standard InChI is InChI=1S/C10H20O3S/c1-9(2)14(12,13)7-6-10(8-11)4-3-5-10/h9,11H,3-8H2,1-2H3. The highest BCUT2D eigenvalue weighted by molar-refractivity contribution is 7.91. The van der Waals surface area contributed by atoms with Crippen LogP contribution >= 0.6 is 0 Å². The molecule has 0 radical (unpaired) electrons. The molecule has 0 spiro atoms. The molecule has 0 aliphatic heterocycles. The van der Waals surface area contributed by atoms with Crippen molar-refractivity contribution in [2.75, 3.05) is 12.4 Å². The number of aliphatic hydroxyl groups excluding tert-OH is 1. The molecule has 3 nitrogen and oxygen atoms in total. The summed E-state index contributed by atoms with van der Waals surface area (Å²) in [6.45, 7) is 3.56. The zero-order valence-corrected chi connectivity index (χ0v) is 9.81. The summed E-state index contributed by atoms with van der Waals surface area (Å²) in [7, 11) is -2.93. The predicted molar refractivity (Wildman–Crippen MR) is 56.9 cm³/mol. The molecule has 4 heteroatoms. The van der Waals surface area contributed by atoms with Gasteiger partial charge in [-0.1, -0.05) is 6.42 Å². The van der Waals surface area contributed by atoms with Crippen LogP contribution in [0, 0.1) is 5.41 Å². The molecule has 0 aromatic carbocycles. The number of hydrogen-bond acceptors (Lipinski definition) is 3. The summed E-state index contributed by atoms with van der Waals surface area (Å²) in [6, 6.07) is 0. The third-order valence-electron chi connectivity index (χ3n) is 3.38. The maximum atomic E-state index is 11.6. The topological polar surface area (TPSA) is 54.4 Å². The minimum atomic E-state index is -2.93. The van der Waals surface area contributed by atoms with Crippen molar-refractivity contribution in [3.05, 3.63) is 0 Å². The van der Waals surface area contributed by atoms with E-state index in [2.05, 4.69) is 0 Å². The molecule has 1 saturated carbocycles. The molecule has 0 atom stereocenters. The third kappa shape index (κ3) is 2.48. The van der Waals surface area contributed by atoms with Crippen molar-refractivity contribution >= 4 is 9.84 Å². The number of sulfone groups is 1. The van der Waals surface area contributed by atoms with Crippen molar-refractivity contribution in [1.29, 1.82) is 0 Å². The number of aliphatic hydroxyl groups is 1. The van der Waals surface area contributed by atoms with Gasteiger partial charge in [0.1, 0.15) is 0 Å². The Labute approximate surface area is 86.4 Å². The first-order valence-electron chi connectivity index (χ1n) is 5.24. The van der Waals surface area contributed by atoms with E-state index in [-0.39, 0.29) is 23.0 Å². The van der Waals surface area contributed by atoms with Gasteiger partial charge in [0.05, 0.1) is 11.0 Å². The lowest BCUT2D eigenvalue weighted by Crippen LogP contribution is -2.36. The second-order valence-corrected chi connectivity index (χ2v) is 7.35. The van der Waals surface area contributed by atoms with Crippen LogP contribution in [0.5, 0.6) is 0 Å². The van der Waals surface area contributed by atoms with E-state index in [0.29, 0.717) is 6.42 Å². The van der Waals surface area contributed by atoms with Gasteiger partial charge in [-0.3, -0.25) is 0 Å². The molecule has 1 aliphatic carbocycles. The molecule has 0 aromatic rings. The van der Waals surface area contributed by atoms with Crippen LogP contribution in [-0.2, 0) is 9.84 Å². The molecule has 1 rings (SSSR count). The summed E-state index contributed by atoms with van der Waals surface area (Å²) in [5.74, 6) is 0.227. The van der Waals surface area contributed by atoms with Crippen molar-refractivity contribution in [2.24, 2.45) is 5.41 Å². The van der Waals surface area contributed by atoms with Gasteiger partial charge in [-0.05, 0) is 38.5 Å². The van der Waals surface area contributed by atoms with Crippen LogP contribution in [0.2, 0.25) is 0 Å². The molecule has 0 aromatic heterocycles. The predicted octanol–water partition coefficient (Wildman–Crippen LogP) is 1.36. The van der Waals surface area contributed by atoms with Gasteiger partial charge in [0.15, 0.2) is 9.84 Å². The molecule has 0 bridgehead atoms. The maximum absolute atomic E-state index is 11.6. The highest BCUT2D eigenvalue weighted by Crippen LogP contribution is 2.43. The van der Waals surface area contributed by atoms with Crippen LogP contribution in [-0.4, -0.2) is 31.1 Å². The summed E-state index contributed by atoms with van der Waals surface area (Å²) in [4.78, 5) is 0. The molecule has 1 N–H and O–H groups in total. The van der Waals surface area contributed by atoms with E-state index >= 15 is 0 Å². The fraction of sp³-hybridized carbons (Fsp3) is 1.00. The van der Waals surface area contributed by atoms with Crippen LogP contribution in [0.15, 0.2) is 0 Å². The molecule has 0 unspecified atom stereocenters. The van der Waals surface area contributed by atoms with Crippen molar-refractivity contribution in [3.63, 3.8) is 0 Å². The molecule has 14 heavy (non-hydrogen) atoms. The van der Waals surface area contributed by atoms with E-state index in [1.807, 2.05) is 0 Å². The lowest BCUT2D eigenvalue weighted by Gasteiger charge is -2.40. The minimum absolute atomic E-state index is 0.0675. The van der Waals surface area contributed by atoms with Crippen molar-refractivity contribution in [2.45, 2.75) is 44.8 Å². The lowest BCUT2D eigenvalue weighted by molar-refractivity contribution is 0.0417. The van der Waals surface area contributed by atoms with Gasteiger partial charge in [-0.2, -0.15) is 0 Å². The van der Waals surface area contributed by atoms with E-state index in [9.17, 15) is 13.5 Å². The molecule has 0 saturated heterocycles. The van der Waals surface area contributed by atoms with Gasteiger partial charge in [0.25, 0.3) is 0 Å². The van der Waals surface area contributed by atoms with Crippen LogP contribution in [0.1, 0.15) is 39.5 Å². The van der Waals surface area contributed by atoms with Gasteiger partial charge in [0.2, 0.25) is 0 Å². The van der Waals surface area contributed by atoms with Crippen LogP contribution in [0.4, 0.5) is 0 Å². The quantitative estimate of drug-likeness (QED) is 0.761. The summed E-state index contributed by atoms with van der Waals surface area (Å²) in [5.41, 5.74) is -0.0675. The van der Waals surface area contributed by atoms with Gasteiger partial charge in [-0.15, -0.1) is 0 Å².